The van der Waals surface area contributed by atoms with Crippen molar-refractivity contribution in [3.8, 4) is 39.4 Å². The highest BCUT2D eigenvalue weighted by Crippen LogP contribution is 2.48. The quantitative estimate of drug-likeness (QED) is 0.207. The molecule has 49 heavy (non-hydrogen) atoms. The summed E-state index contributed by atoms with van der Waals surface area (Å²) in [6.45, 7) is 0. The largest absolute Gasteiger partial charge is 0.344 e. The molecule has 4 heteroatoms. The van der Waals surface area contributed by atoms with Crippen molar-refractivity contribution in [2.24, 2.45) is 9.98 Å². The predicted molar refractivity (Wildman–Crippen MR) is 200 cm³/mol. The van der Waals surface area contributed by atoms with Crippen LogP contribution in [0.25, 0.3) is 44.2 Å². The van der Waals surface area contributed by atoms with Crippen molar-refractivity contribution in [1.82, 2.24) is 5.32 Å². The second-order valence-corrected chi connectivity index (χ2v) is 12.5. The van der Waals surface area contributed by atoms with E-state index < -0.39 is 0 Å². The molecule has 1 N–H and O–H groups in total. The molecular weight excluding hydrogens is 597 g/mol. The fourth-order valence-corrected chi connectivity index (χ4v) is 7.23. The van der Waals surface area contributed by atoms with Crippen LogP contribution < -0.4 is 5.32 Å². The zero-order chi connectivity index (χ0) is 32.7. The number of hydrogen-bond acceptors (Lipinski definition) is 4. The van der Waals surface area contributed by atoms with Crippen LogP contribution >= 0.6 is 0 Å². The fourth-order valence-electron chi connectivity index (χ4n) is 7.23. The summed E-state index contributed by atoms with van der Waals surface area (Å²) in [6.07, 6.45) is 0.656. The average Bonchev–Trinajstić information content (AvgIpc) is 3.57. The van der Waals surface area contributed by atoms with Gasteiger partial charge in [-0.25, -0.2) is 9.98 Å². The Balaban J connectivity index is 1.13. The van der Waals surface area contributed by atoms with E-state index in [2.05, 4.69) is 121 Å². The second kappa shape index (κ2) is 11.9. The molecule has 2 aliphatic rings. The van der Waals surface area contributed by atoms with E-state index in [1.807, 2.05) is 48.5 Å². The number of nitrogens with zero attached hydrogens (tertiary/aromatic N) is 3. The third kappa shape index (κ3) is 5.10. The summed E-state index contributed by atoms with van der Waals surface area (Å²) in [5.41, 5.74) is 13.7. The standard InChI is InChI=1S/C45H30N4/c46-28-29-18-20-30(21-19-29)36-17-9-14-35-26-40-38-16-8-7-15-37(38)39(27-41(40)42(35)36)31-22-24-34(25-23-31)45-48-43(32-10-3-1-4-11-32)47-44(49-45)33-12-5-2-6-13-33/h1-25,27,43H,26H2,(H,47,48,49). The van der Waals surface area contributed by atoms with E-state index >= 15 is 0 Å². The lowest BCUT2D eigenvalue weighted by atomic mass is 9.89. The monoisotopic (exact) mass is 626 g/mol. The maximum Gasteiger partial charge on any atom is 0.159 e. The minimum Gasteiger partial charge on any atom is -0.344 e. The van der Waals surface area contributed by atoms with Crippen LogP contribution in [-0.2, 0) is 6.42 Å². The number of rotatable bonds is 5. The normalized spacial score (nSPS) is 14.6. The minimum atomic E-state index is -0.241. The molecule has 1 heterocycles. The number of amidine groups is 2. The molecule has 0 saturated heterocycles. The van der Waals surface area contributed by atoms with Gasteiger partial charge in [-0.05, 0) is 85.5 Å². The molecule has 1 atom stereocenters. The van der Waals surface area contributed by atoms with E-state index in [0.29, 0.717) is 11.4 Å². The molecular formula is C45H30N4. The molecule has 7 aromatic rings. The number of fused-ring (bicyclic) bond motifs is 5. The molecule has 1 aliphatic carbocycles. The lowest BCUT2D eigenvalue weighted by Crippen LogP contribution is -2.33. The third-order valence-electron chi connectivity index (χ3n) is 9.63. The average molecular weight is 627 g/mol. The lowest BCUT2D eigenvalue weighted by molar-refractivity contribution is 0.674. The minimum absolute atomic E-state index is 0.241. The van der Waals surface area contributed by atoms with Gasteiger partial charge in [-0.15, -0.1) is 0 Å². The summed E-state index contributed by atoms with van der Waals surface area (Å²) in [5, 5.41) is 15.5. The summed E-state index contributed by atoms with van der Waals surface area (Å²) in [7, 11) is 0. The van der Waals surface area contributed by atoms with Gasteiger partial charge >= 0.3 is 0 Å². The molecule has 1 unspecified atom stereocenters. The van der Waals surface area contributed by atoms with Crippen LogP contribution in [-0.4, -0.2) is 11.7 Å². The van der Waals surface area contributed by atoms with Crippen LogP contribution in [0.4, 0.5) is 0 Å². The maximum atomic E-state index is 9.37. The maximum absolute atomic E-state index is 9.37. The summed E-state index contributed by atoms with van der Waals surface area (Å²) in [4.78, 5) is 10.0. The van der Waals surface area contributed by atoms with Gasteiger partial charge in [0.05, 0.1) is 11.6 Å². The highest BCUT2D eigenvalue weighted by molar-refractivity contribution is 6.13. The Hall–Kier alpha value is -6.57. The van der Waals surface area contributed by atoms with Crippen LogP contribution in [0.15, 0.2) is 168 Å². The Morgan fingerprint density at radius 2 is 1.22 bits per heavy atom. The van der Waals surface area contributed by atoms with Crippen molar-refractivity contribution < 1.29 is 0 Å². The molecule has 0 fully saturated rings. The van der Waals surface area contributed by atoms with Crippen molar-refractivity contribution >= 4 is 22.4 Å². The Morgan fingerprint density at radius 1 is 0.571 bits per heavy atom. The fraction of sp³-hybridized carbons (Fsp3) is 0.0444. The summed E-state index contributed by atoms with van der Waals surface area (Å²) < 4.78 is 0. The number of hydrogen-bond donors (Lipinski definition) is 1. The third-order valence-corrected chi connectivity index (χ3v) is 9.63. The number of aliphatic imine (C=N–C) groups is 2. The molecule has 0 amide bonds. The van der Waals surface area contributed by atoms with Gasteiger partial charge in [-0.2, -0.15) is 5.26 Å². The second-order valence-electron chi connectivity index (χ2n) is 12.5. The summed E-state index contributed by atoms with van der Waals surface area (Å²) >= 11 is 0. The molecule has 4 nitrogen and oxygen atoms in total. The summed E-state index contributed by atoms with van der Waals surface area (Å²) in [5.74, 6) is 1.52. The van der Waals surface area contributed by atoms with Gasteiger partial charge in [0.15, 0.2) is 5.84 Å². The van der Waals surface area contributed by atoms with E-state index in [0.717, 1.165) is 40.1 Å². The number of benzene rings is 7. The van der Waals surface area contributed by atoms with Crippen molar-refractivity contribution in [3.63, 3.8) is 0 Å². The first-order chi connectivity index (χ1) is 24.2. The van der Waals surface area contributed by atoms with Crippen molar-refractivity contribution in [3.05, 3.63) is 191 Å². The van der Waals surface area contributed by atoms with E-state index in [9.17, 15) is 5.26 Å². The van der Waals surface area contributed by atoms with E-state index in [1.54, 1.807) is 0 Å². The van der Waals surface area contributed by atoms with Gasteiger partial charge in [0, 0.05) is 11.1 Å². The van der Waals surface area contributed by atoms with E-state index in [4.69, 9.17) is 9.98 Å². The first-order valence-electron chi connectivity index (χ1n) is 16.5. The lowest BCUT2D eigenvalue weighted by Gasteiger charge is -2.23. The molecule has 0 spiro atoms. The molecule has 1 aliphatic heterocycles. The van der Waals surface area contributed by atoms with Gasteiger partial charge in [-0.3, -0.25) is 0 Å². The molecule has 0 radical (unpaired) electrons. The van der Waals surface area contributed by atoms with Crippen LogP contribution in [0, 0.1) is 11.3 Å². The van der Waals surface area contributed by atoms with Gasteiger partial charge in [0.25, 0.3) is 0 Å². The Labute approximate surface area is 285 Å². The zero-order valence-electron chi connectivity index (χ0n) is 26.6. The highest BCUT2D eigenvalue weighted by atomic mass is 15.2. The Morgan fingerprint density at radius 3 is 1.98 bits per heavy atom. The van der Waals surface area contributed by atoms with Crippen LogP contribution in [0.1, 0.15) is 39.5 Å². The first kappa shape index (κ1) is 28.6. The van der Waals surface area contributed by atoms with Gasteiger partial charge < -0.3 is 5.32 Å². The SMILES string of the molecule is N#Cc1ccc(-c2cccc3c2-c2cc(-c4ccc(C5=NC(c6ccccc6)=NC(c6ccccc6)N5)cc4)c4ccccc4c2C3)cc1. The van der Waals surface area contributed by atoms with Crippen molar-refractivity contribution in [2.75, 3.05) is 0 Å². The number of nitrogens with one attached hydrogen (secondary N) is 1. The topological polar surface area (TPSA) is 60.5 Å². The molecule has 0 aromatic heterocycles. The Bertz CT molecular complexity index is 2470. The Kier molecular flexibility index (Phi) is 6.96. The van der Waals surface area contributed by atoms with Gasteiger partial charge in [0.1, 0.15) is 12.0 Å². The van der Waals surface area contributed by atoms with Crippen LogP contribution in [0.3, 0.4) is 0 Å². The van der Waals surface area contributed by atoms with Crippen LogP contribution in [0.2, 0.25) is 0 Å². The molecule has 9 rings (SSSR count). The van der Waals surface area contributed by atoms with E-state index in [1.165, 1.54) is 44.2 Å². The predicted octanol–water partition coefficient (Wildman–Crippen LogP) is 10.1. The zero-order valence-corrected chi connectivity index (χ0v) is 26.6. The molecule has 0 saturated carbocycles. The highest BCUT2D eigenvalue weighted by Gasteiger charge is 2.26. The van der Waals surface area contributed by atoms with Crippen LogP contribution in [0.5, 0.6) is 0 Å². The van der Waals surface area contributed by atoms with Gasteiger partial charge in [0.2, 0.25) is 0 Å². The molecule has 7 aromatic carbocycles. The van der Waals surface area contributed by atoms with Gasteiger partial charge in [-0.1, -0.05) is 140 Å². The molecule has 230 valence electrons. The first-order valence-corrected chi connectivity index (χ1v) is 16.5. The molecule has 0 bridgehead atoms. The van der Waals surface area contributed by atoms with Crippen molar-refractivity contribution in [1.29, 1.82) is 5.26 Å². The number of nitriles is 1. The summed E-state index contributed by atoms with van der Waals surface area (Å²) in [6, 6.07) is 57.1. The van der Waals surface area contributed by atoms with E-state index in [-0.39, 0.29) is 6.17 Å². The van der Waals surface area contributed by atoms with Crippen molar-refractivity contribution in [2.45, 2.75) is 12.6 Å². The smallest absolute Gasteiger partial charge is 0.159 e.